The number of anilines is 1. The molecule has 0 atom stereocenters. The van der Waals surface area contributed by atoms with Crippen molar-refractivity contribution in [1.29, 1.82) is 0 Å². The summed E-state index contributed by atoms with van der Waals surface area (Å²) >= 11 is 0. The van der Waals surface area contributed by atoms with Crippen molar-refractivity contribution < 1.29 is 19.1 Å². The minimum Gasteiger partial charge on any atom is -0.478 e. The van der Waals surface area contributed by atoms with Gasteiger partial charge in [-0.1, -0.05) is 19.8 Å². The van der Waals surface area contributed by atoms with Crippen LogP contribution >= 0.6 is 0 Å². The quantitative estimate of drug-likeness (QED) is 0.887. The molecule has 0 saturated heterocycles. The number of rotatable bonds is 4. The number of halogens is 1. The third-order valence-corrected chi connectivity index (χ3v) is 4.18. The highest BCUT2D eigenvalue weighted by atomic mass is 19.1. The predicted octanol–water partition coefficient (Wildman–Crippen LogP) is 3.43. The number of carbonyl (C=O) groups is 2. The maximum atomic E-state index is 13.3. The molecule has 0 radical (unpaired) electrons. The van der Waals surface area contributed by atoms with Crippen molar-refractivity contribution in [2.75, 3.05) is 5.32 Å². The average molecular weight is 279 g/mol. The molecule has 0 heterocycles. The number of hydrogen-bond acceptors (Lipinski definition) is 2. The second kappa shape index (κ2) is 5.61. The van der Waals surface area contributed by atoms with E-state index in [9.17, 15) is 14.0 Å². The van der Waals surface area contributed by atoms with Crippen molar-refractivity contribution in [2.45, 2.75) is 39.0 Å². The molecule has 108 valence electrons. The van der Waals surface area contributed by atoms with Crippen LogP contribution in [0.15, 0.2) is 18.2 Å². The molecule has 1 saturated carbocycles. The van der Waals surface area contributed by atoms with Crippen molar-refractivity contribution in [3.8, 4) is 0 Å². The van der Waals surface area contributed by atoms with Crippen LogP contribution in [0.3, 0.4) is 0 Å². The van der Waals surface area contributed by atoms with E-state index in [1.807, 2.05) is 6.92 Å². The van der Waals surface area contributed by atoms with Gasteiger partial charge in [-0.3, -0.25) is 4.79 Å². The Morgan fingerprint density at radius 3 is 2.55 bits per heavy atom. The summed E-state index contributed by atoms with van der Waals surface area (Å²) in [4.78, 5) is 23.5. The van der Waals surface area contributed by atoms with Crippen LogP contribution < -0.4 is 5.32 Å². The Balaban J connectivity index is 2.27. The smallest absolute Gasteiger partial charge is 0.337 e. The van der Waals surface area contributed by atoms with Crippen LogP contribution in [0.2, 0.25) is 0 Å². The number of hydrogen-bond donors (Lipinski definition) is 2. The Morgan fingerprint density at radius 1 is 1.35 bits per heavy atom. The monoisotopic (exact) mass is 279 g/mol. The minimum atomic E-state index is -1.18. The topological polar surface area (TPSA) is 66.4 Å². The second-order valence-electron chi connectivity index (χ2n) is 5.29. The number of carbonyl (C=O) groups excluding carboxylic acids is 1. The molecule has 1 aliphatic carbocycles. The van der Waals surface area contributed by atoms with E-state index < -0.39 is 17.2 Å². The fraction of sp³-hybridized carbons (Fsp3) is 0.467. The first-order valence-electron chi connectivity index (χ1n) is 6.83. The summed E-state index contributed by atoms with van der Waals surface area (Å²) in [5.41, 5.74) is -0.506. The number of carboxylic acid groups (broad SMARTS) is 1. The van der Waals surface area contributed by atoms with Gasteiger partial charge < -0.3 is 10.4 Å². The van der Waals surface area contributed by atoms with Crippen LogP contribution in [0.4, 0.5) is 10.1 Å². The van der Waals surface area contributed by atoms with E-state index in [1.165, 1.54) is 6.07 Å². The Kier molecular flexibility index (Phi) is 4.06. The molecule has 0 spiro atoms. The molecule has 0 bridgehead atoms. The van der Waals surface area contributed by atoms with Gasteiger partial charge in [0.1, 0.15) is 5.82 Å². The van der Waals surface area contributed by atoms with Gasteiger partial charge in [0, 0.05) is 5.41 Å². The van der Waals surface area contributed by atoms with Crippen LogP contribution in [0.5, 0.6) is 0 Å². The molecule has 0 unspecified atom stereocenters. The molecule has 20 heavy (non-hydrogen) atoms. The first kappa shape index (κ1) is 14.5. The molecule has 2 rings (SSSR count). The molecule has 1 aromatic rings. The fourth-order valence-corrected chi connectivity index (χ4v) is 2.85. The zero-order valence-electron chi connectivity index (χ0n) is 11.4. The molecule has 5 heteroatoms. The maximum absolute atomic E-state index is 13.3. The van der Waals surface area contributed by atoms with Crippen LogP contribution in [0, 0.1) is 11.2 Å². The Morgan fingerprint density at radius 2 is 2.00 bits per heavy atom. The molecule has 1 aromatic carbocycles. The van der Waals surface area contributed by atoms with Crippen molar-refractivity contribution in [3.63, 3.8) is 0 Å². The van der Waals surface area contributed by atoms with E-state index in [0.717, 1.165) is 37.8 Å². The van der Waals surface area contributed by atoms with Gasteiger partial charge in [0.05, 0.1) is 11.3 Å². The summed E-state index contributed by atoms with van der Waals surface area (Å²) in [5, 5.41) is 11.7. The van der Waals surface area contributed by atoms with Crippen molar-refractivity contribution in [2.24, 2.45) is 5.41 Å². The van der Waals surface area contributed by atoms with Gasteiger partial charge in [-0.05, 0) is 37.5 Å². The molecule has 4 nitrogen and oxygen atoms in total. The van der Waals surface area contributed by atoms with Gasteiger partial charge in [0.25, 0.3) is 0 Å². The Hall–Kier alpha value is -1.91. The minimum absolute atomic E-state index is 0.0298. The standard InChI is InChI=1S/C15H18FNO3/c1-2-15(7-3-4-8-15)14(20)17-12-9-10(16)5-6-11(12)13(18)19/h5-6,9H,2-4,7-8H2,1H3,(H,17,20)(H,18,19). The lowest BCUT2D eigenvalue weighted by Gasteiger charge is -2.26. The zero-order valence-corrected chi connectivity index (χ0v) is 11.4. The van der Waals surface area contributed by atoms with Gasteiger partial charge in [-0.2, -0.15) is 0 Å². The molecule has 0 aliphatic heterocycles. The SMILES string of the molecule is CCC1(C(=O)Nc2cc(F)ccc2C(=O)O)CCCC1. The lowest BCUT2D eigenvalue weighted by Crippen LogP contribution is -2.33. The van der Waals surface area contributed by atoms with E-state index in [4.69, 9.17) is 5.11 Å². The summed E-state index contributed by atoms with van der Waals surface area (Å²) in [6.45, 7) is 1.95. The van der Waals surface area contributed by atoms with E-state index in [-0.39, 0.29) is 17.2 Å². The highest BCUT2D eigenvalue weighted by molar-refractivity contribution is 6.02. The molecular weight excluding hydrogens is 261 g/mol. The largest absolute Gasteiger partial charge is 0.478 e. The van der Waals surface area contributed by atoms with Gasteiger partial charge in [-0.25, -0.2) is 9.18 Å². The molecule has 1 amide bonds. The summed E-state index contributed by atoms with van der Waals surface area (Å²) in [6.07, 6.45) is 4.29. The number of nitrogens with one attached hydrogen (secondary N) is 1. The van der Waals surface area contributed by atoms with Crippen LogP contribution in [0.25, 0.3) is 0 Å². The number of carboxylic acids is 1. The molecule has 2 N–H and O–H groups in total. The number of amides is 1. The number of benzene rings is 1. The summed E-state index contributed by atoms with van der Waals surface area (Å²) in [7, 11) is 0. The van der Waals surface area contributed by atoms with E-state index in [1.54, 1.807) is 0 Å². The first-order chi connectivity index (χ1) is 9.48. The van der Waals surface area contributed by atoms with Crippen molar-refractivity contribution in [1.82, 2.24) is 0 Å². The zero-order chi connectivity index (χ0) is 14.8. The second-order valence-corrected chi connectivity index (χ2v) is 5.29. The lowest BCUT2D eigenvalue weighted by molar-refractivity contribution is -0.125. The molecule has 1 fully saturated rings. The van der Waals surface area contributed by atoms with Gasteiger partial charge in [-0.15, -0.1) is 0 Å². The molecule has 1 aliphatic rings. The van der Waals surface area contributed by atoms with Gasteiger partial charge >= 0.3 is 5.97 Å². The van der Waals surface area contributed by atoms with Crippen molar-refractivity contribution >= 4 is 17.6 Å². The highest BCUT2D eigenvalue weighted by Gasteiger charge is 2.39. The van der Waals surface area contributed by atoms with E-state index in [2.05, 4.69) is 5.32 Å². The van der Waals surface area contributed by atoms with Crippen LogP contribution in [-0.4, -0.2) is 17.0 Å². The normalized spacial score (nSPS) is 16.9. The molecule has 0 aromatic heterocycles. The Bertz CT molecular complexity index is 536. The first-order valence-corrected chi connectivity index (χ1v) is 6.83. The summed E-state index contributed by atoms with van der Waals surface area (Å²) in [6, 6.07) is 3.30. The fourth-order valence-electron chi connectivity index (χ4n) is 2.85. The third-order valence-electron chi connectivity index (χ3n) is 4.18. The predicted molar refractivity (Wildman–Crippen MR) is 73.2 cm³/mol. The van der Waals surface area contributed by atoms with Crippen LogP contribution in [0.1, 0.15) is 49.4 Å². The van der Waals surface area contributed by atoms with E-state index >= 15 is 0 Å². The van der Waals surface area contributed by atoms with Crippen LogP contribution in [-0.2, 0) is 4.79 Å². The highest BCUT2D eigenvalue weighted by Crippen LogP contribution is 2.42. The third kappa shape index (κ3) is 2.66. The lowest BCUT2D eigenvalue weighted by atomic mass is 9.82. The molecular formula is C15H18FNO3. The summed E-state index contributed by atoms with van der Waals surface area (Å²) in [5.74, 6) is -1.95. The Labute approximate surface area is 117 Å². The van der Waals surface area contributed by atoms with Gasteiger partial charge in [0.15, 0.2) is 0 Å². The summed E-state index contributed by atoms with van der Waals surface area (Å²) < 4.78 is 13.3. The number of aromatic carboxylic acids is 1. The van der Waals surface area contributed by atoms with E-state index in [0.29, 0.717) is 6.42 Å². The maximum Gasteiger partial charge on any atom is 0.337 e. The van der Waals surface area contributed by atoms with Crippen molar-refractivity contribution in [3.05, 3.63) is 29.6 Å². The van der Waals surface area contributed by atoms with Gasteiger partial charge in [0.2, 0.25) is 5.91 Å². The average Bonchev–Trinajstić information content (AvgIpc) is 2.88.